The minimum Gasteiger partial charge on any atom is -0.497 e. The van der Waals surface area contributed by atoms with E-state index in [4.69, 9.17) is 10.5 Å². The van der Waals surface area contributed by atoms with E-state index in [1.54, 1.807) is 47.5 Å². The summed E-state index contributed by atoms with van der Waals surface area (Å²) >= 11 is 0. The molecule has 0 spiro atoms. The number of hydrogen-bond donors (Lipinski definition) is 1. The van der Waals surface area contributed by atoms with E-state index in [1.165, 1.54) is 0 Å². The summed E-state index contributed by atoms with van der Waals surface area (Å²) in [6, 6.07) is 27.8. The first kappa shape index (κ1) is 29.0. The number of hydrogen-bond acceptors (Lipinski definition) is 7. The average molecular weight is 694 g/mol. The third kappa shape index (κ3) is 8.78. The molecule has 39 heavy (non-hydrogen) atoms. The van der Waals surface area contributed by atoms with Crippen LogP contribution in [0.4, 0.5) is 0 Å². The second kappa shape index (κ2) is 15.7. The van der Waals surface area contributed by atoms with E-state index in [9.17, 15) is 0 Å². The maximum absolute atomic E-state index is 5.59. The molecule has 0 fully saturated rings. The van der Waals surface area contributed by atoms with Crippen LogP contribution >= 0.6 is 0 Å². The molecule has 0 aliphatic heterocycles. The van der Waals surface area contributed by atoms with E-state index in [2.05, 4.69) is 31.2 Å². The van der Waals surface area contributed by atoms with Crippen molar-refractivity contribution < 1.29 is 24.5 Å². The molecule has 0 bridgehead atoms. The molecule has 5 heterocycles. The van der Waals surface area contributed by atoms with Gasteiger partial charge in [-0.3, -0.25) is 0 Å². The molecule has 0 unspecified atom stereocenters. The Morgan fingerprint density at radius 3 is 1.87 bits per heavy atom. The number of rotatable bonds is 5. The smallest absolute Gasteiger partial charge is 0.497 e. The topological polar surface area (TPSA) is 110 Å². The molecule has 197 valence electrons. The zero-order valence-electron chi connectivity index (χ0n) is 21.2. The van der Waals surface area contributed by atoms with Gasteiger partial charge in [-0.1, -0.05) is 12.1 Å². The third-order valence-electron chi connectivity index (χ3n) is 5.12. The molecule has 2 N–H and O–H groups in total. The van der Waals surface area contributed by atoms with Crippen LogP contribution < -0.4 is 10.5 Å². The van der Waals surface area contributed by atoms with Crippen molar-refractivity contribution in [1.29, 1.82) is 0 Å². The Morgan fingerprint density at radius 1 is 0.744 bits per heavy atom. The molecule has 0 saturated heterocycles. The number of benzene rings is 1. The van der Waals surface area contributed by atoms with Gasteiger partial charge in [-0.2, -0.15) is 10.2 Å². The molecule has 0 atom stereocenters. The van der Waals surface area contributed by atoms with Gasteiger partial charge in [0.1, 0.15) is 5.75 Å². The second-order valence-corrected chi connectivity index (χ2v) is 7.67. The number of ether oxygens (including phenoxy) is 1. The molecular weight excluding hydrogens is 667 g/mol. The molecule has 1 radical (unpaired) electrons. The van der Waals surface area contributed by atoms with Gasteiger partial charge in [-0.15, -0.1) is 35.4 Å². The van der Waals surface area contributed by atoms with Crippen LogP contribution in [-0.2, 0) is 26.3 Å². The fourth-order valence-electron chi connectivity index (χ4n) is 3.26. The maximum atomic E-state index is 5.59. The van der Waals surface area contributed by atoms with Crippen molar-refractivity contribution in [2.24, 2.45) is 5.73 Å². The molecule has 6 rings (SSSR count). The summed E-state index contributed by atoms with van der Waals surface area (Å²) in [4.78, 5) is 12.5. The van der Waals surface area contributed by atoms with Crippen LogP contribution in [0.1, 0.15) is 5.56 Å². The van der Waals surface area contributed by atoms with Crippen LogP contribution in [0.3, 0.4) is 0 Å². The van der Waals surface area contributed by atoms with Crippen LogP contribution in [-0.4, -0.2) is 41.6 Å². The Balaban J connectivity index is 0.000000164. The molecule has 5 aromatic heterocycles. The Bertz CT molecular complexity index is 1360. The Kier molecular flexibility index (Phi) is 11.7. The van der Waals surface area contributed by atoms with Gasteiger partial charge in [0.2, 0.25) is 0 Å². The van der Waals surface area contributed by atoms with E-state index in [-0.39, 0.29) is 19.8 Å². The fourth-order valence-corrected chi connectivity index (χ4v) is 3.26. The zero-order valence-corrected chi connectivity index (χ0v) is 23.8. The van der Waals surface area contributed by atoms with Crippen LogP contribution in [0.15, 0.2) is 122 Å². The number of methoxy groups -OCH3 is 1. The van der Waals surface area contributed by atoms with Crippen molar-refractivity contribution in [3.05, 3.63) is 134 Å². The van der Waals surface area contributed by atoms with Crippen LogP contribution in [0, 0.1) is 6.07 Å². The SMILES string of the molecule is COc1ccnc(-c2[c-]ccc(CN)c2)c1.[Os+].c1ccc(-n2cccn2)nc1.c1ccc(-n2cccn2)nc1. The van der Waals surface area contributed by atoms with E-state index < -0.39 is 0 Å². The van der Waals surface area contributed by atoms with Gasteiger partial charge < -0.3 is 15.5 Å². The number of aromatic nitrogens is 7. The van der Waals surface area contributed by atoms with Gasteiger partial charge in [0, 0.05) is 49.9 Å². The van der Waals surface area contributed by atoms with Gasteiger partial charge >= 0.3 is 19.8 Å². The maximum Gasteiger partial charge on any atom is 1.00 e. The van der Waals surface area contributed by atoms with Crippen molar-refractivity contribution in [2.45, 2.75) is 6.54 Å². The molecular formula is C29H27N8OOs. The summed E-state index contributed by atoms with van der Waals surface area (Å²) in [7, 11) is 1.64. The van der Waals surface area contributed by atoms with Gasteiger partial charge in [-0.05, 0) is 54.2 Å². The van der Waals surface area contributed by atoms with E-state index in [0.29, 0.717) is 6.54 Å². The summed E-state index contributed by atoms with van der Waals surface area (Å²) in [5.41, 5.74) is 8.44. The minimum absolute atomic E-state index is 0. The molecule has 0 saturated carbocycles. The second-order valence-electron chi connectivity index (χ2n) is 7.67. The van der Waals surface area contributed by atoms with Gasteiger partial charge in [-0.25, -0.2) is 19.3 Å². The Morgan fingerprint density at radius 2 is 1.38 bits per heavy atom. The first-order valence-electron chi connectivity index (χ1n) is 11.8. The molecule has 6 aromatic rings. The summed E-state index contributed by atoms with van der Waals surface area (Å²) in [5, 5.41) is 8.08. The van der Waals surface area contributed by atoms with E-state index in [0.717, 1.165) is 34.2 Å². The van der Waals surface area contributed by atoms with Gasteiger partial charge in [0.15, 0.2) is 11.6 Å². The molecule has 10 heteroatoms. The van der Waals surface area contributed by atoms with Crippen LogP contribution in [0.25, 0.3) is 22.9 Å². The predicted octanol–water partition coefficient (Wildman–Crippen LogP) is 4.55. The van der Waals surface area contributed by atoms with Crippen LogP contribution in [0.5, 0.6) is 5.75 Å². The first-order valence-corrected chi connectivity index (χ1v) is 11.8. The molecule has 1 aromatic carbocycles. The van der Waals surface area contributed by atoms with E-state index >= 15 is 0 Å². The normalized spacial score (nSPS) is 9.69. The first-order chi connectivity index (χ1) is 18.8. The number of nitrogens with two attached hydrogens (primary N) is 1. The van der Waals surface area contributed by atoms with Gasteiger partial charge in [0.05, 0.1) is 7.11 Å². The molecule has 0 aliphatic rings. The molecule has 9 nitrogen and oxygen atoms in total. The van der Waals surface area contributed by atoms with Crippen molar-refractivity contribution in [3.63, 3.8) is 0 Å². The largest absolute Gasteiger partial charge is 1.00 e. The average Bonchev–Trinajstić information content (AvgIpc) is 3.75. The van der Waals surface area contributed by atoms with Crippen molar-refractivity contribution in [2.75, 3.05) is 7.11 Å². The Labute approximate surface area is 240 Å². The monoisotopic (exact) mass is 695 g/mol. The third-order valence-corrected chi connectivity index (χ3v) is 5.12. The minimum atomic E-state index is 0. The summed E-state index contributed by atoms with van der Waals surface area (Å²) in [6.07, 6.45) is 12.4. The van der Waals surface area contributed by atoms with Crippen LogP contribution in [0.2, 0.25) is 0 Å². The number of pyridine rings is 3. The van der Waals surface area contributed by atoms with E-state index in [1.807, 2.05) is 91.3 Å². The molecule has 0 amide bonds. The summed E-state index contributed by atoms with van der Waals surface area (Å²) in [6.45, 7) is 0.519. The fraction of sp³-hybridized carbons (Fsp3) is 0.0690. The summed E-state index contributed by atoms with van der Waals surface area (Å²) < 4.78 is 8.60. The Hall–Kier alpha value is -4.51. The quantitative estimate of drug-likeness (QED) is 0.264. The van der Waals surface area contributed by atoms with Gasteiger partial charge in [0.25, 0.3) is 0 Å². The molecule has 0 aliphatic carbocycles. The zero-order chi connectivity index (χ0) is 26.4. The van der Waals surface area contributed by atoms with Crippen molar-refractivity contribution in [1.82, 2.24) is 34.5 Å². The summed E-state index contributed by atoms with van der Waals surface area (Å²) in [5.74, 6) is 2.48. The predicted molar refractivity (Wildman–Crippen MR) is 146 cm³/mol. The van der Waals surface area contributed by atoms with Crippen molar-refractivity contribution >= 4 is 0 Å². The standard InChI is InChI=1S/C13H13N2O.2C8H7N3.Os/c1-16-12-5-6-15-13(8-12)11-4-2-3-10(7-11)9-14;2*1-2-5-9-8(4-1)11-7-3-6-10-11;/h2-3,5-8H,9,14H2,1H3;2*1-7H;/q-1;;;+1. The van der Waals surface area contributed by atoms with Crippen molar-refractivity contribution in [3.8, 4) is 28.6 Å². The number of nitrogens with zero attached hydrogens (tertiary/aromatic N) is 7.